The fourth-order valence-electron chi connectivity index (χ4n) is 14.0. The Morgan fingerprint density at radius 3 is 0.901 bits per heavy atom. The van der Waals surface area contributed by atoms with Crippen LogP contribution in [-0.2, 0) is 15.4 Å². The Morgan fingerprint density at radius 2 is 0.549 bits per heavy atom. The highest BCUT2D eigenvalue weighted by Crippen LogP contribution is 2.65. The normalized spacial score (nSPS) is 14.5. The summed E-state index contributed by atoms with van der Waals surface area (Å²) in [5.41, 5.74) is 22.0. The van der Waals surface area contributed by atoms with Gasteiger partial charge in [-0.1, -0.05) is 206 Å². The largest absolute Gasteiger partial charge is 0.309 e. The molecule has 0 saturated carbocycles. The Bertz CT molecular complexity index is 3960. The highest BCUT2D eigenvalue weighted by Gasteiger charge is 2.54. The van der Waals surface area contributed by atoms with Crippen molar-refractivity contribution in [2.24, 2.45) is 0 Å². The van der Waals surface area contributed by atoms with Gasteiger partial charge in [0.05, 0.1) is 21.9 Å². The Hall–Kier alpha value is -8.55. The maximum atomic E-state index is 17.8. The Morgan fingerprint density at radius 1 is 0.268 bits per heavy atom. The molecule has 3 heteroatoms. The van der Waals surface area contributed by atoms with Crippen molar-refractivity contribution >= 4 is 44.9 Å². The van der Waals surface area contributed by atoms with E-state index in [1.54, 1.807) is 0 Å². The molecule has 71 heavy (non-hydrogen) atoms. The van der Waals surface area contributed by atoms with E-state index in [2.05, 4.69) is 259 Å². The van der Waals surface area contributed by atoms with Gasteiger partial charge in [0, 0.05) is 32.4 Å². The summed E-state index contributed by atoms with van der Waals surface area (Å²) in [5, 5.41) is 4.88. The van der Waals surface area contributed by atoms with Gasteiger partial charge in [0.2, 0.25) is 0 Å². The van der Waals surface area contributed by atoms with Crippen LogP contribution in [0.15, 0.2) is 255 Å². The van der Waals surface area contributed by atoms with Crippen LogP contribution in [-0.4, -0.2) is 4.57 Å². The number of fused-ring (bicyclic) bond motifs is 23. The molecule has 4 aliphatic carbocycles. The lowest BCUT2D eigenvalue weighted by atomic mass is 9.70. The van der Waals surface area contributed by atoms with Gasteiger partial charge in [-0.15, -0.1) is 0 Å². The maximum Gasteiger partial charge on any atom is 0.171 e. The van der Waals surface area contributed by atoms with Gasteiger partial charge in [-0.3, -0.25) is 0 Å². The molecular formula is C68H42NOP. The lowest BCUT2D eigenvalue weighted by Crippen LogP contribution is -2.31. The minimum Gasteiger partial charge on any atom is -0.309 e. The Kier molecular flexibility index (Phi) is 7.78. The van der Waals surface area contributed by atoms with E-state index in [1.807, 2.05) is 0 Å². The molecule has 0 fully saturated rings. The zero-order valence-corrected chi connectivity index (χ0v) is 39.4. The number of benzene rings is 11. The number of nitrogens with zero attached hydrogens (tertiary/aromatic N) is 1. The first-order chi connectivity index (χ1) is 35.1. The molecule has 0 saturated heterocycles. The number of rotatable bonds is 4. The van der Waals surface area contributed by atoms with Crippen molar-refractivity contribution in [2.75, 3.05) is 0 Å². The van der Waals surface area contributed by atoms with Crippen molar-refractivity contribution in [3.63, 3.8) is 0 Å². The predicted octanol–water partition coefficient (Wildman–Crippen LogP) is 15.1. The van der Waals surface area contributed by atoms with Crippen molar-refractivity contribution in [3.8, 4) is 50.2 Å². The van der Waals surface area contributed by atoms with Crippen molar-refractivity contribution in [1.29, 1.82) is 0 Å². The van der Waals surface area contributed by atoms with Crippen LogP contribution in [0.25, 0.3) is 72.0 Å². The summed E-state index contributed by atoms with van der Waals surface area (Å²) in [7, 11) is -3.69. The minimum absolute atomic E-state index is 0.582. The van der Waals surface area contributed by atoms with E-state index in [9.17, 15) is 0 Å². The van der Waals surface area contributed by atoms with Crippen molar-refractivity contribution < 1.29 is 4.57 Å². The van der Waals surface area contributed by atoms with Crippen LogP contribution in [0.4, 0.5) is 0 Å². The van der Waals surface area contributed by atoms with E-state index in [0.717, 1.165) is 32.6 Å². The molecule has 11 aromatic carbocycles. The highest BCUT2D eigenvalue weighted by molar-refractivity contribution is 7.85. The van der Waals surface area contributed by atoms with Crippen LogP contribution < -0.4 is 15.9 Å². The van der Waals surface area contributed by atoms with Crippen molar-refractivity contribution in [2.45, 2.75) is 10.8 Å². The zero-order valence-electron chi connectivity index (χ0n) is 38.6. The number of hydrogen-bond donors (Lipinski definition) is 0. The lowest BCUT2D eigenvalue weighted by molar-refractivity contribution is 0.592. The van der Waals surface area contributed by atoms with Gasteiger partial charge in [-0.2, -0.15) is 0 Å². The van der Waals surface area contributed by atoms with E-state index in [-0.39, 0.29) is 0 Å². The fraction of sp³-hybridized carbons (Fsp3) is 0.0294. The van der Waals surface area contributed by atoms with Gasteiger partial charge in [-0.25, -0.2) is 0 Å². The zero-order chi connectivity index (χ0) is 46.6. The summed E-state index contributed by atoms with van der Waals surface area (Å²) >= 11 is 0. The SMILES string of the molecule is O=P(c1ccc(-n2c3ccccc3c3ccccc32)cc1)(c1ccc2c(c1)C1(c3ccccc3-c3ccccc31)c1ccccc1-2)c1ccc2c(c1)C1(c3ccccc3-c3ccccc31)c1ccccc1-2. The fourth-order valence-corrected chi connectivity index (χ4v) is 16.7. The summed E-state index contributed by atoms with van der Waals surface area (Å²) in [6.07, 6.45) is 0. The molecule has 330 valence electrons. The van der Waals surface area contributed by atoms with Gasteiger partial charge in [0.25, 0.3) is 0 Å². The monoisotopic (exact) mass is 919 g/mol. The van der Waals surface area contributed by atoms with Crippen molar-refractivity contribution in [1.82, 2.24) is 4.57 Å². The molecule has 0 unspecified atom stereocenters. The van der Waals surface area contributed by atoms with Crippen molar-refractivity contribution in [3.05, 3.63) is 299 Å². The van der Waals surface area contributed by atoms with Crippen LogP contribution >= 0.6 is 7.14 Å². The predicted molar refractivity (Wildman–Crippen MR) is 293 cm³/mol. The second-order valence-electron chi connectivity index (χ2n) is 19.7. The van der Waals surface area contributed by atoms with Gasteiger partial charge >= 0.3 is 0 Å². The number of para-hydroxylation sites is 2. The first-order valence-corrected chi connectivity index (χ1v) is 26.4. The third-order valence-corrected chi connectivity index (χ3v) is 19.8. The number of hydrogen-bond acceptors (Lipinski definition) is 1. The Balaban J connectivity index is 0.975. The summed E-state index contributed by atoms with van der Waals surface area (Å²) in [4.78, 5) is 0. The average molecular weight is 920 g/mol. The van der Waals surface area contributed by atoms with Crippen LogP contribution in [0.1, 0.15) is 44.5 Å². The molecule has 0 atom stereocenters. The molecule has 2 spiro atoms. The maximum absolute atomic E-state index is 17.8. The van der Waals surface area contributed by atoms with E-state index in [4.69, 9.17) is 0 Å². The molecule has 0 amide bonds. The van der Waals surface area contributed by atoms with Gasteiger partial charge in [0.15, 0.2) is 7.14 Å². The van der Waals surface area contributed by atoms with Gasteiger partial charge < -0.3 is 9.13 Å². The molecule has 1 aromatic heterocycles. The molecule has 0 N–H and O–H groups in total. The van der Waals surface area contributed by atoms with E-state index in [1.165, 1.54) is 99.8 Å². The molecular weight excluding hydrogens is 878 g/mol. The molecule has 0 radical (unpaired) electrons. The summed E-state index contributed by atoms with van der Waals surface area (Å²) in [5.74, 6) is 0. The number of aromatic nitrogens is 1. The molecule has 4 aliphatic rings. The highest BCUT2D eigenvalue weighted by atomic mass is 31.2. The average Bonchev–Trinajstić information content (AvgIpc) is 4.20. The second-order valence-corrected chi connectivity index (χ2v) is 22.5. The summed E-state index contributed by atoms with van der Waals surface area (Å²) in [6.45, 7) is 0. The first-order valence-electron chi connectivity index (χ1n) is 24.7. The summed E-state index contributed by atoms with van der Waals surface area (Å²) < 4.78 is 20.1. The Labute approximate surface area is 412 Å². The van der Waals surface area contributed by atoms with E-state index >= 15 is 4.57 Å². The summed E-state index contributed by atoms with van der Waals surface area (Å²) in [6, 6.07) is 93.0. The molecule has 1 heterocycles. The molecule has 16 rings (SSSR count). The smallest absolute Gasteiger partial charge is 0.171 e. The molecule has 12 aromatic rings. The molecule has 0 bridgehead atoms. The van der Waals surface area contributed by atoms with Gasteiger partial charge in [0.1, 0.15) is 0 Å². The minimum atomic E-state index is -3.69. The van der Waals surface area contributed by atoms with Crippen LogP contribution in [0.5, 0.6) is 0 Å². The van der Waals surface area contributed by atoms with Gasteiger partial charge in [-0.05, 0) is 138 Å². The third kappa shape index (κ3) is 4.77. The quantitative estimate of drug-likeness (QED) is 0.161. The lowest BCUT2D eigenvalue weighted by Gasteiger charge is -2.32. The van der Waals surface area contributed by atoms with Crippen LogP contribution in [0.3, 0.4) is 0 Å². The standard InChI is InChI=1S/C68H42NOP/c70-71(44-35-33-43(34-36-44)69-65-31-15-7-23-55(65)56-24-8-16-32-66(56)69,45-37-39-53-51-21-5-13-29-61(51)67(63(53)41-45)57-25-9-1-17-47(57)48-18-2-10-26-58(48)67)46-38-40-54-52-22-6-14-30-62(52)68(64(54)42-46)59-27-11-3-19-49(59)50-20-4-12-28-60(50)68/h1-42H. The molecule has 2 nitrogen and oxygen atoms in total. The third-order valence-electron chi connectivity index (χ3n) is 16.7. The van der Waals surface area contributed by atoms with E-state index in [0.29, 0.717) is 0 Å². The second kappa shape index (κ2) is 14.0. The van der Waals surface area contributed by atoms with Crippen LogP contribution in [0, 0.1) is 0 Å². The van der Waals surface area contributed by atoms with Crippen LogP contribution in [0.2, 0.25) is 0 Å². The molecule has 0 aliphatic heterocycles. The topological polar surface area (TPSA) is 22.0 Å². The first kappa shape index (κ1) is 39.3. The van der Waals surface area contributed by atoms with E-state index < -0.39 is 18.0 Å².